The maximum atomic E-state index is 11.9. The van der Waals surface area contributed by atoms with Crippen LogP contribution in [0.3, 0.4) is 0 Å². The molecule has 3 rings (SSSR count). The van der Waals surface area contributed by atoms with E-state index in [9.17, 15) is 4.79 Å². The molecule has 0 aliphatic carbocycles. The fourth-order valence-electron chi connectivity index (χ4n) is 2.33. The predicted molar refractivity (Wildman–Crippen MR) is 61.4 cm³/mol. The van der Waals surface area contributed by atoms with Crippen LogP contribution in [0.5, 0.6) is 0 Å². The van der Waals surface area contributed by atoms with Gasteiger partial charge in [0.2, 0.25) is 0 Å². The van der Waals surface area contributed by atoms with Gasteiger partial charge < -0.3 is 15.0 Å². The van der Waals surface area contributed by atoms with Crippen LogP contribution >= 0.6 is 11.3 Å². The van der Waals surface area contributed by atoms with E-state index >= 15 is 0 Å². The van der Waals surface area contributed by atoms with Crippen molar-refractivity contribution >= 4 is 17.4 Å². The second-order valence-electron chi connectivity index (χ2n) is 4.24. The molecule has 86 valence electrons. The third kappa shape index (κ3) is 1.81. The first kappa shape index (κ1) is 10.1. The molecule has 0 spiro atoms. The molecule has 16 heavy (non-hydrogen) atoms. The Balaban J connectivity index is 1.54. The van der Waals surface area contributed by atoms with Crippen LogP contribution in [0.1, 0.15) is 11.3 Å². The maximum Gasteiger partial charge on any atom is 0.318 e. The number of hydrogen-bond donors (Lipinski definition) is 1. The van der Waals surface area contributed by atoms with Crippen molar-refractivity contribution in [3.8, 4) is 0 Å². The SMILES string of the molecule is O=C(NCc1cccs1)N1C[C@H]2C[C@H]1CO2. The summed E-state index contributed by atoms with van der Waals surface area (Å²) in [7, 11) is 0. The number of urea groups is 1. The van der Waals surface area contributed by atoms with Gasteiger partial charge in [-0.05, 0) is 17.9 Å². The minimum atomic E-state index is 0.0456. The lowest BCUT2D eigenvalue weighted by molar-refractivity contribution is 0.0446. The average molecular weight is 238 g/mol. The normalized spacial score (nSPS) is 27.4. The molecule has 2 atom stereocenters. The summed E-state index contributed by atoms with van der Waals surface area (Å²) in [4.78, 5) is 15.0. The fraction of sp³-hybridized carbons (Fsp3) is 0.545. The highest BCUT2D eigenvalue weighted by Gasteiger charge is 2.41. The first-order valence-electron chi connectivity index (χ1n) is 5.51. The second kappa shape index (κ2) is 4.07. The molecule has 2 aliphatic rings. The van der Waals surface area contributed by atoms with E-state index in [2.05, 4.69) is 5.32 Å². The summed E-state index contributed by atoms with van der Waals surface area (Å²) in [5, 5.41) is 4.97. The molecule has 5 heteroatoms. The topological polar surface area (TPSA) is 41.6 Å². The van der Waals surface area contributed by atoms with Crippen molar-refractivity contribution in [2.75, 3.05) is 13.2 Å². The van der Waals surface area contributed by atoms with Crippen LogP contribution in [-0.2, 0) is 11.3 Å². The summed E-state index contributed by atoms with van der Waals surface area (Å²) < 4.78 is 5.46. The van der Waals surface area contributed by atoms with Gasteiger partial charge in [0.25, 0.3) is 0 Å². The zero-order valence-corrected chi connectivity index (χ0v) is 9.70. The summed E-state index contributed by atoms with van der Waals surface area (Å²) >= 11 is 1.66. The molecule has 3 heterocycles. The standard InChI is InChI=1S/C11H14N2O2S/c14-11(12-5-10-2-1-3-16-10)13-6-9-4-8(13)7-15-9/h1-3,8-9H,4-7H2,(H,12,14)/t8-,9+/m0/s1. The Kier molecular flexibility index (Phi) is 2.57. The largest absolute Gasteiger partial charge is 0.374 e. The van der Waals surface area contributed by atoms with Gasteiger partial charge in [-0.2, -0.15) is 0 Å². The highest BCUT2D eigenvalue weighted by atomic mass is 32.1. The van der Waals surface area contributed by atoms with Crippen LogP contribution in [0.25, 0.3) is 0 Å². The molecule has 1 aromatic rings. The van der Waals surface area contributed by atoms with Gasteiger partial charge >= 0.3 is 6.03 Å². The smallest absolute Gasteiger partial charge is 0.318 e. The first-order chi connectivity index (χ1) is 7.83. The zero-order valence-electron chi connectivity index (χ0n) is 8.89. The Morgan fingerprint density at radius 2 is 2.62 bits per heavy atom. The summed E-state index contributed by atoms with van der Waals surface area (Å²) in [6, 6.07) is 4.37. The number of nitrogens with one attached hydrogen (secondary N) is 1. The van der Waals surface area contributed by atoms with E-state index in [0.717, 1.165) is 13.0 Å². The first-order valence-corrected chi connectivity index (χ1v) is 6.39. The van der Waals surface area contributed by atoms with Gasteiger partial charge in [0.15, 0.2) is 0 Å². The minimum absolute atomic E-state index is 0.0456. The zero-order chi connectivity index (χ0) is 11.0. The van der Waals surface area contributed by atoms with E-state index in [4.69, 9.17) is 4.74 Å². The molecular formula is C11H14N2O2S. The lowest BCUT2D eigenvalue weighted by Crippen LogP contribution is -2.46. The molecular weight excluding hydrogens is 224 g/mol. The molecule has 2 amide bonds. The number of morpholine rings is 1. The number of ether oxygens (including phenoxy) is 1. The van der Waals surface area contributed by atoms with Crippen LogP contribution < -0.4 is 5.32 Å². The Bertz CT molecular complexity index is 379. The van der Waals surface area contributed by atoms with Crippen molar-refractivity contribution in [3.63, 3.8) is 0 Å². The molecule has 1 N–H and O–H groups in total. The fourth-order valence-corrected chi connectivity index (χ4v) is 2.97. The van der Waals surface area contributed by atoms with Crippen molar-refractivity contribution in [1.29, 1.82) is 0 Å². The van der Waals surface area contributed by atoms with E-state index in [-0.39, 0.29) is 12.1 Å². The van der Waals surface area contributed by atoms with Crippen LogP contribution in [0.4, 0.5) is 4.79 Å². The Morgan fingerprint density at radius 3 is 3.25 bits per heavy atom. The molecule has 0 saturated carbocycles. The molecule has 0 aromatic carbocycles. The van der Waals surface area contributed by atoms with E-state index in [1.165, 1.54) is 4.88 Å². The summed E-state index contributed by atoms with van der Waals surface area (Å²) in [6.45, 7) is 2.09. The molecule has 2 fully saturated rings. The van der Waals surface area contributed by atoms with Crippen molar-refractivity contribution in [2.24, 2.45) is 0 Å². The number of thiophene rings is 1. The van der Waals surface area contributed by atoms with Gasteiger partial charge in [0, 0.05) is 11.4 Å². The van der Waals surface area contributed by atoms with Crippen molar-refractivity contribution in [3.05, 3.63) is 22.4 Å². The number of likely N-dealkylation sites (tertiary alicyclic amines) is 1. The lowest BCUT2D eigenvalue weighted by Gasteiger charge is -2.26. The number of hydrogen-bond acceptors (Lipinski definition) is 3. The van der Waals surface area contributed by atoms with Gasteiger partial charge in [-0.1, -0.05) is 6.07 Å². The molecule has 2 saturated heterocycles. The summed E-state index contributed by atoms with van der Waals surface area (Å²) in [5.41, 5.74) is 0. The highest BCUT2D eigenvalue weighted by molar-refractivity contribution is 7.09. The van der Waals surface area contributed by atoms with E-state index in [0.29, 0.717) is 19.2 Å². The number of carbonyl (C=O) groups is 1. The van der Waals surface area contributed by atoms with E-state index in [1.54, 1.807) is 11.3 Å². The Morgan fingerprint density at radius 1 is 1.69 bits per heavy atom. The summed E-state index contributed by atoms with van der Waals surface area (Å²) in [5.74, 6) is 0. The molecule has 0 unspecified atom stereocenters. The molecule has 2 aliphatic heterocycles. The molecule has 0 radical (unpaired) electrons. The van der Waals surface area contributed by atoms with Gasteiger partial charge in [-0.15, -0.1) is 11.3 Å². The minimum Gasteiger partial charge on any atom is -0.374 e. The Labute approximate surface area is 98.2 Å². The predicted octanol–water partition coefficient (Wildman–Crippen LogP) is 1.43. The highest BCUT2D eigenvalue weighted by Crippen LogP contribution is 2.27. The summed E-state index contributed by atoms with van der Waals surface area (Å²) in [6.07, 6.45) is 1.28. The van der Waals surface area contributed by atoms with Crippen molar-refractivity contribution in [2.45, 2.75) is 25.1 Å². The van der Waals surface area contributed by atoms with Gasteiger partial charge in [-0.25, -0.2) is 4.79 Å². The van der Waals surface area contributed by atoms with Gasteiger partial charge in [0.1, 0.15) is 0 Å². The van der Waals surface area contributed by atoms with Crippen LogP contribution in [0, 0.1) is 0 Å². The quantitative estimate of drug-likeness (QED) is 0.847. The molecule has 4 nitrogen and oxygen atoms in total. The number of fused-ring (bicyclic) bond motifs is 2. The van der Waals surface area contributed by atoms with Gasteiger partial charge in [0.05, 0.1) is 25.3 Å². The number of rotatable bonds is 2. The Hall–Kier alpha value is -1.07. The van der Waals surface area contributed by atoms with Crippen LogP contribution in [0.15, 0.2) is 17.5 Å². The number of amides is 2. The second-order valence-corrected chi connectivity index (χ2v) is 5.27. The van der Waals surface area contributed by atoms with E-state index < -0.39 is 0 Å². The van der Waals surface area contributed by atoms with Crippen LogP contribution in [0.2, 0.25) is 0 Å². The maximum absolute atomic E-state index is 11.9. The van der Waals surface area contributed by atoms with Crippen molar-refractivity contribution in [1.82, 2.24) is 10.2 Å². The molecule has 1 aromatic heterocycles. The monoisotopic (exact) mass is 238 g/mol. The van der Waals surface area contributed by atoms with Gasteiger partial charge in [-0.3, -0.25) is 0 Å². The third-order valence-corrected chi connectivity index (χ3v) is 4.03. The van der Waals surface area contributed by atoms with Crippen LogP contribution in [-0.4, -0.2) is 36.2 Å². The third-order valence-electron chi connectivity index (χ3n) is 3.16. The number of carbonyl (C=O) groups excluding carboxylic acids is 1. The lowest BCUT2D eigenvalue weighted by atomic mass is 10.2. The average Bonchev–Trinajstić information content (AvgIpc) is 3.01. The van der Waals surface area contributed by atoms with Crippen molar-refractivity contribution < 1.29 is 9.53 Å². The molecule has 2 bridgehead atoms. The van der Waals surface area contributed by atoms with E-state index in [1.807, 2.05) is 22.4 Å². The number of nitrogens with zero attached hydrogens (tertiary/aromatic N) is 1.